The molecule has 4 atom stereocenters. The van der Waals surface area contributed by atoms with Gasteiger partial charge in [0, 0.05) is 45.8 Å². The average Bonchev–Trinajstić information content (AvgIpc) is 3.48. The molecule has 0 unspecified atom stereocenters. The van der Waals surface area contributed by atoms with Gasteiger partial charge < -0.3 is 14.5 Å². The topological polar surface area (TPSA) is 80.6 Å². The monoisotopic (exact) mass is 407 g/mol. The van der Waals surface area contributed by atoms with Crippen LogP contribution in [0.2, 0.25) is 0 Å². The lowest BCUT2D eigenvalue weighted by molar-refractivity contribution is -0.142. The highest BCUT2D eigenvalue weighted by Gasteiger charge is 2.67. The van der Waals surface area contributed by atoms with Crippen molar-refractivity contribution in [1.82, 2.24) is 24.6 Å². The number of aryl methyl sites for hydroxylation is 1. The van der Waals surface area contributed by atoms with Gasteiger partial charge in [0.25, 0.3) is 0 Å². The van der Waals surface area contributed by atoms with Crippen LogP contribution in [0, 0.1) is 11.8 Å². The van der Waals surface area contributed by atoms with Crippen LogP contribution < -0.4 is 0 Å². The second-order valence-corrected chi connectivity index (χ2v) is 8.49. The molecule has 0 N–H and O–H groups in total. The number of hydrogen-bond acceptors (Lipinski definition) is 5. The molecule has 8 heteroatoms. The summed E-state index contributed by atoms with van der Waals surface area (Å²) in [6, 6.07) is 3.82. The number of rotatable bonds is 6. The smallest absolute Gasteiger partial charge is 0.230 e. The Kier molecular flexibility index (Phi) is 4.47. The van der Waals surface area contributed by atoms with Crippen molar-refractivity contribution in [3.63, 3.8) is 0 Å². The summed E-state index contributed by atoms with van der Waals surface area (Å²) < 4.78 is 7.98. The van der Waals surface area contributed by atoms with Gasteiger partial charge in [-0.15, -0.1) is 0 Å². The third-order valence-electron chi connectivity index (χ3n) is 6.43. The van der Waals surface area contributed by atoms with Gasteiger partial charge in [-0.25, -0.2) is 0 Å². The van der Waals surface area contributed by atoms with Crippen molar-refractivity contribution in [2.75, 3.05) is 20.1 Å². The number of ether oxygens (including phenoxy) is 1. The molecule has 2 aromatic rings. The van der Waals surface area contributed by atoms with Crippen LogP contribution in [-0.2, 0) is 34.3 Å². The first-order valence-corrected chi connectivity index (χ1v) is 10.2. The number of carbonyl (C=O) groups excluding carboxylic acids is 2. The Balaban J connectivity index is 1.31. The third kappa shape index (κ3) is 3.02. The van der Waals surface area contributed by atoms with Crippen molar-refractivity contribution in [3.05, 3.63) is 60.2 Å². The summed E-state index contributed by atoms with van der Waals surface area (Å²) in [7, 11) is 3.67. The van der Waals surface area contributed by atoms with Crippen molar-refractivity contribution >= 4 is 11.8 Å². The predicted octanol–water partition coefficient (Wildman–Crippen LogP) is 0.798. The van der Waals surface area contributed by atoms with Gasteiger partial charge in [-0.1, -0.05) is 18.2 Å². The molecule has 2 saturated heterocycles. The lowest BCUT2D eigenvalue weighted by Crippen LogP contribution is -2.45. The summed E-state index contributed by atoms with van der Waals surface area (Å²) >= 11 is 0. The van der Waals surface area contributed by atoms with Crippen LogP contribution in [0.25, 0.3) is 0 Å². The van der Waals surface area contributed by atoms with E-state index in [9.17, 15) is 9.59 Å². The van der Waals surface area contributed by atoms with E-state index in [4.69, 9.17) is 4.74 Å². The molecule has 3 aliphatic rings. The molecular weight excluding hydrogens is 382 g/mol. The minimum atomic E-state index is -0.686. The molecule has 0 aliphatic carbocycles. The fourth-order valence-electron chi connectivity index (χ4n) is 4.97. The zero-order chi connectivity index (χ0) is 20.9. The highest BCUT2D eigenvalue weighted by Crippen LogP contribution is 2.52. The molecule has 2 fully saturated rings. The van der Waals surface area contributed by atoms with E-state index in [0.29, 0.717) is 19.6 Å². The van der Waals surface area contributed by atoms with Crippen molar-refractivity contribution < 1.29 is 14.3 Å². The third-order valence-corrected chi connectivity index (χ3v) is 6.43. The molecule has 2 amide bonds. The van der Waals surface area contributed by atoms with Crippen molar-refractivity contribution in [3.8, 4) is 0 Å². The molecular formula is C22H25N5O3. The molecule has 1 spiro atoms. The number of likely N-dealkylation sites (N-methyl/N-ethyl adjacent to an activating group) is 1. The maximum Gasteiger partial charge on any atom is 0.230 e. The van der Waals surface area contributed by atoms with Crippen molar-refractivity contribution in [1.29, 1.82) is 0 Å². The summed E-state index contributed by atoms with van der Waals surface area (Å²) in [6.45, 7) is 1.52. The Bertz CT molecular complexity index is 1000. The average molecular weight is 407 g/mol. The van der Waals surface area contributed by atoms with Crippen LogP contribution in [-0.4, -0.2) is 68.2 Å². The highest BCUT2D eigenvalue weighted by molar-refractivity contribution is 5.93. The molecule has 0 radical (unpaired) electrons. The normalized spacial score (nSPS) is 28.9. The second-order valence-electron chi connectivity index (χ2n) is 8.49. The number of pyridine rings is 1. The molecule has 5 heterocycles. The molecule has 3 aliphatic heterocycles. The Morgan fingerprint density at radius 1 is 1.37 bits per heavy atom. The van der Waals surface area contributed by atoms with E-state index in [0.717, 1.165) is 17.5 Å². The van der Waals surface area contributed by atoms with E-state index in [2.05, 4.69) is 10.1 Å². The summed E-state index contributed by atoms with van der Waals surface area (Å²) in [5.74, 6) is -0.973. The van der Waals surface area contributed by atoms with E-state index in [-0.39, 0.29) is 17.9 Å². The predicted molar refractivity (Wildman–Crippen MR) is 108 cm³/mol. The SMILES string of the molecule is CN(CCc1cnn(C)c1)C(=O)[C@@H]1[C@@H]2C=C[C@@]3(CN(Cc4cccnc4)C(=O)[C@@H]13)O2. The lowest BCUT2D eigenvalue weighted by atomic mass is 9.76. The second kappa shape index (κ2) is 7.05. The van der Waals surface area contributed by atoms with E-state index in [1.807, 2.05) is 43.7 Å². The minimum absolute atomic E-state index is 0.00953. The Labute approximate surface area is 175 Å². The van der Waals surface area contributed by atoms with E-state index in [1.165, 1.54) is 0 Å². The van der Waals surface area contributed by atoms with E-state index < -0.39 is 17.4 Å². The highest BCUT2D eigenvalue weighted by atomic mass is 16.5. The zero-order valence-corrected chi connectivity index (χ0v) is 17.1. The van der Waals surface area contributed by atoms with Gasteiger partial charge in [0.1, 0.15) is 5.60 Å². The van der Waals surface area contributed by atoms with Gasteiger partial charge >= 0.3 is 0 Å². The molecule has 5 rings (SSSR count). The molecule has 2 aromatic heterocycles. The van der Waals surface area contributed by atoms with Gasteiger partial charge in [0.05, 0.1) is 30.7 Å². The zero-order valence-electron chi connectivity index (χ0n) is 17.1. The van der Waals surface area contributed by atoms with Crippen molar-refractivity contribution in [2.24, 2.45) is 18.9 Å². The maximum absolute atomic E-state index is 13.3. The van der Waals surface area contributed by atoms with E-state index >= 15 is 0 Å². The molecule has 0 saturated carbocycles. The molecule has 156 valence electrons. The van der Waals surface area contributed by atoms with Crippen LogP contribution in [0.1, 0.15) is 11.1 Å². The summed E-state index contributed by atoms with van der Waals surface area (Å²) in [5.41, 5.74) is 1.36. The molecule has 2 bridgehead atoms. The fraction of sp³-hybridized carbons (Fsp3) is 0.455. The first kappa shape index (κ1) is 19.0. The van der Waals surface area contributed by atoms with Crippen molar-refractivity contribution in [2.45, 2.75) is 24.7 Å². The summed E-state index contributed by atoms with van der Waals surface area (Å²) in [5, 5.41) is 4.17. The van der Waals surface area contributed by atoms with E-state index in [1.54, 1.807) is 33.9 Å². The maximum atomic E-state index is 13.3. The van der Waals surface area contributed by atoms with Crippen LogP contribution >= 0.6 is 0 Å². The van der Waals surface area contributed by atoms with Gasteiger partial charge in [0.15, 0.2) is 0 Å². The van der Waals surface area contributed by atoms with Gasteiger partial charge in [-0.2, -0.15) is 5.10 Å². The van der Waals surface area contributed by atoms with Gasteiger partial charge in [-0.05, 0) is 23.6 Å². The Morgan fingerprint density at radius 2 is 2.23 bits per heavy atom. The van der Waals surface area contributed by atoms with Gasteiger partial charge in [-0.3, -0.25) is 19.3 Å². The number of amides is 2. The summed E-state index contributed by atoms with van der Waals surface area (Å²) in [4.78, 5) is 34.3. The standard InChI is InChI=1S/C22H25N5O3/c1-25(9-6-16-11-24-26(2)12-16)20(28)18-17-5-7-22(30-17)14-27(21(29)19(18)22)13-15-4-3-8-23-10-15/h3-5,7-8,10-12,17-19H,6,9,13-14H2,1-2H3/t17-,18+,19+,22-/m0/s1. The fourth-order valence-corrected chi connectivity index (χ4v) is 4.97. The number of fused-ring (bicyclic) bond motifs is 1. The van der Waals surface area contributed by atoms with Crippen LogP contribution in [0.5, 0.6) is 0 Å². The van der Waals surface area contributed by atoms with Crippen LogP contribution in [0.15, 0.2) is 49.1 Å². The van der Waals surface area contributed by atoms with Crippen LogP contribution in [0.4, 0.5) is 0 Å². The molecule has 8 nitrogen and oxygen atoms in total. The first-order valence-electron chi connectivity index (χ1n) is 10.2. The summed E-state index contributed by atoms with van der Waals surface area (Å²) in [6.07, 6.45) is 11.6. The lowest BCUT2D eigenvalue weighted by Gasteiger charge is -2.27. The molecule has 30 heavy (non-hydrogen) atoms. The number of aromatic nitrogens is 3. The number of likely N-dealkylation sites (tertiary alicyclic amines) is 1. The first-order chi connectivity index (χ1) is 14.5. The Morgan fingerprint density at radius 3 is 2.97 bits per heavy atom. The number of hydrogen-bond donors (Lipinski definition) is 0. The number of nitrogens with zero attached hydrogens (tertiary/aromatic N) is 5. The van der Waals surface area contributed by atoms with Gasteiger partial charge in [0.2, 0.25) is 11.8 Å². The minimum Gasteiger partial charge on any atom is -0.360 e. The molecule has 0 aromatic carbocycles. The number of carbonyl (C=O) groups is 2. The van der Waals surface area contributed by atoms with Crippen LogP contribution in [0.3, 0.4) is 0 Å². The largest absolute Gasteiger partial charge is 0.360 e. The quantitative estimate of drug-likeness (QED) is 0.662. The Hall–Kier alpha value is -3.00.